The average molecular weight is 463 g/mol. The van der Waals surface area contributed by atoms with Crippen molar-refractivity contribution in [3.05, 3.63) is 82.0 Å². The maximum absolute atomic E-state index is 13.2. The van der Waals surface area contributed by atoms with Gasteiger partial charge in [0.2, 0.25) is 0 Å². The highest BCUT2D eigenvalue weighted by Gasteiger charge is 2.34. The monoisotopic (exact) mass is 462 g/mol. The molecule has 6 N–H and O–H groups in total. The van der Waals surface area contributed by atoms with Crippen molar-refractivity contribution in [1.82, 2.24) is 0 Å². The molecule has 3 aromatic rings. The van der Waals surface area contributed by atoms with E-state index in [9.17, 15) is 29.9 Å². The maximum atomic E-state index is 13.2. The van der Waals surface area contributed by atoms with Gasteiger partial charge in [-0.25, -0.2) is 4.39 Å². The lowest BCUT2D eigenvalue weighted by Gasteiger charge is -2.29. The molecule has 0 aliphatic rings. The third-order valence-corrected chi connectivity index (χ3v) is 6.61. The van der Waals surface area contributed by atoms with Gasteiger partial charge in [0.1, 0.15) is 36.3 Å². The zero-order chi connectivity index (χ0) is 23.4. The third-order valence-electron chi connectivity index (χ3n) is 5.47. The van der Waals surface area contributed by atoms with Gasteiger partial charge in [0.25, 0.3) is 0 Å². The van der Waals surface area contributed by atoms with Crippen molar-refractivity contribution in [3.63, 3.8) is 0 Å². The number of aryl methyl sites for hydroxylation is 1. The number of hydrogen-bond donors (Lipinski definition) is 6. The van der Waals surface area contributed by atoms with E-state index < -0.39 is 37.1 Å². The highest BCUT2D eigenvalue weighted by Crippen LogP contribution is 2.31. The fourth-order valence-electron chi connectivity index (χ4n) is 3.42. The number of aliphatic hydroxyl groups is 6. The van der Waals surface area contributed by atoms with E-state index in [-0.39, 0.29) is 5.82 Å². The van der Waals surface area contributed by atoms with Crippen LogP contribution < -0.4 is 0 Å². The molecule has 0 spiro atoms. The lowest BCUT2D eigenvalue weighted by molar-refractivity contribution is -0.141. The molecule has 0 aliphatic heterocycles. The Balaban J connectivity index is 1.76. The van der Waals surface area contributed by atoms with E-state index in [0.29, 0.717) is 12.0 Å². The second-order valence-corrected chi connectivity index (χ2v) is 8.97. The maximum Gasteiger partial charge on any atom is 0.123 e. The van der Waals surface area contributed by atoms with Gasteiger partial charge in [0.05, 0.1) is 6.61 Å². The van der Waals surface area contributed by atoms with Gasteiger partial charge in [0.15, 0.2) is 0 Å². The summed E-state index contributed by atoms with van der Waals surface area (Å²) in [5.74, 6) is -0.290. The second kappa shape index (κ2) is 10.6. The zero-order valence-corrected chi connectivity index (χ0v) is 18.3. The Morgan fingerprint density at radius 3 is 2.19 bits per heavy atom. The number of thiophene rings is 1. The quantitative estimate of drug-likeness (QED) is 0.289. The Bertz CT molecular complexity index is 1020. The van der Waals surface area contributed by atoms with Gasteiger partial charge in [-0.15, -0.1) is 11.3 Å². The molecule has 1 heterocycles. The molecule has 3 rings (SSSR count). The van der Waals surface area contributed by atoms with E-state index in [1.807, 2.05) is 19.1 Å². The first kappa shape index (κ1) is 24.5. The molecule has 0 saturated carbocycles. The summed E-state index contributed by atoms with van der Waals surface area (Å²) in [6.07, 6.45) is -8.02. The zero-order valence-electron chi connectivity index (χ0n) is 17.5. The molecule has 172 valence electrons. The van der Waals surface area contributed by atoms with Crippen LogP contribution in [0.2, 0.25) is 0 Å². The summed E-state index contributed by atoms with van der Waals surface area (Å²) in [5.41, 5.74) is 3.15. The Morgan fingerprint density at radius 2 is 1.53 bits per heavy atom. The van der Waals surface area contributed by atoms with Crippen LogP contribution in [-0.2, 0) is 6.42 Å². The van der Waals surface area contributed by atoms with Crippen LogP contribution in [-0.4, -0.2) is 61.7 Å². The second-order valence-electron chi connectivity index (χ2n) is 7.80. The first-order chi connectivity index (χ1) is 15.2. The summed E-state index contributed by atoms with van der Waals surface area (Å²) in [6, 6.07) is 15.4. The standard InChI is InChI=1S/C24H27FO6S/c1-13-2-3-15(21(28)23(30)24(31)22(29)19(27)12-26)10-16(13)11-18-8-9-20(32-18)14-4-6-17(25)7-5-14/h2-10,19,21-24,26-31H,11-12H2,1H3/t19-,21+,22+,23-,24-/m0/s1. The molecule has 0 amide bonds. The van der Waals surface area contributed by atoms with Crippen molar-refractivity contribution in [2.45, 2.75) is 43.9 Å². The van der Waals surface area contributed by atoms with Crippen LogP contribution in [0.4, 0.5) is 4.39 Å². The van der Waals surface area contributed by atoms with E-state index in [1.54, 1.807) is 41.7 Å². The van der Waals surface area contributed by atoms with Gasteiger partial charge in [0, 0.05) is 16.2 Å². The van der Waals surface area contributed by atoms with E-state index in [1.165, 1.54) is 12.1 Å². The molecule has 8 heteroatoms. The van der Waals surface area contributed by atoms with Crippen molar-refractivity contribution in [1.29, 1.82) is 0 Å². The molecule has 1 aromatic heterocycles. The van der Waals surface area contributed by atoms with E-state index in [0.717, 1.165) is 26.4 Å². The van der Waals surface area contributed by atoms with Crippen LogP contribution in [0.5, 0.6) is 0 Å². The topological polar surface area (TPSA) is 121 Å². The van der Waals surface area contributed by atoms with E-state index in [4.69, 9.17) is 5.11 Å². The van der Waals surface area contributed by atoms with Crippen molar-refractivity contribution < 1.29 is 35.0 Å². The highest BCUT2D eigenvalue weighted by atomic mass is 32.1. The molecule has 6 nitrogen and oxygen atoms in total. The molecule has 5 atom stereocenters. The Hall–Kier alpha value is -2.17. The Kier molecular flexibility index (Phi) is 8.13. The summed E-state index contributed by atoms with van der Waals surface area (Å²) in [7, 11) is 0. The highest BCUT2D eigenvalue weighted by molar-refractivity contribution is 7.15. The smallest absolute Gasteiger partial charge is 0.123 e. The van der Waals surface area contributed by atoms with Crippen LogP contribution >= 0.6 is 11.3 Å². The van der Waals surface area contributed by atoms with Crippen LogP contribution in [0.1, 0.15) is 27.7 Å². The Labute approximate surface area is 189 Å². The SMILES string of the molecule is Cc1ccc([C@@H](O)[C@H](O)[C@@H](O)[C@H](O)[C@@H](O)CO)cc1Cc1ccc(-c2ccc(F)cc2)s1. The van der Waals surface area contributed by atoms with Gasteiger partial charge in [-0.05, 0) is 53.4 Å². The molecule has 0 unspecified atom stereocenters. The number of rotatable bonds is 9. The first-order valence-corrected chi connectivity index (χ1v) is 11.0. The summed E-state index contributed by atoms with van der Waals surface area (Å²) < 4.78 is 13.2. The number of benzene rings is 2. The molecule has 0 bridgehead atoms. The minimum Gasteiger partial charge on any atom is -0.394 e. The van der Waals surface area contributed by atoms with E-state index in [2.05, 4.69) is 0 Å². The molecular weight excluding hydrogens is 435 g/mol. The summed E-state index contributed by atoms with van der Waals surface area (Å²) in [4.78, 5) is 2.06. The predicted octanol–water partition coefficient (Wildman–Crippen LogP) is 1.92. The minimum absolute atomic E-state index is 0.290. The number of aliphatic hydroxyl groups excluding tert-OH is 6. The van der Waals surface area contributed by atoms with Gasteiger partial charge in [-0.2, -0.15) is 0 Å². The predicted molar refractivity (Wildman–Crippen MR) is 120 cm³/mol. The lowest BCUT2D eigenvalue weighted by Crippen LogP contribution is -2.47. The fourth-order valence-corrected chi connectivity index (χ4v) is 4.45. The summed E-state index contributed by atoms with van der Waals surface area (Å²) in [5, 5.41) is 59.0. The fraction of sp³-hybridized carbons (Fsp3) is 0.333. The van der Waals surface area contributed by atoms with Crippen molar-refractivity contribution >= 4 is 11.3 Å². The van der Waals surface area contributed by atoms with Crippen LogP contribution in [0.15, 0.2) is 54.6 Å². The van der Waals surface area contributed by atoms with Crippen molar-refractivity contribution in [2.24, 2.45) is 0 Å². The molecule has 0 fully saturated rings. The molecular formula is C24H27FO6S. The van der Waals surface area contributed by atoms with Crippen LogP contribution in [0.25, 0.3) is 10.4 Å². The van der Waals surface area contributed by atoms with Gasteiger partial charge < -0.3 is 30.6 Å². The normalized spacial score (nSPS) is 16.4. The molecule has 0 saturated heterocycles. The third kappa shape index (κ3) is 5.60. The summed E-state index contributed by atoms with van der Waals surface area (Å²) >= 11 is 1.57. The van der Waals surface area contributed by atoms with Crippen molar-refractivity contribution in [3.8, 4) is 10.4 Å². The lowest BCUT2D eigenvalue weighted by atomic mass is 9.92. The van der Waals surface area contributed by atoms with Crippen LogP contribution in [0.3, 0.4) is 0 Å². The van der Waals surface area contributed by atoms with Gasteiger partial charge in [-0.1, -0.05) is 30.3 Å². The van der Waals surface area contributed by atoms with Crippen molar-refractivity contribution in [2.75, 3.05) is 6.61 Å². The molecule has 0 aliphatic carbocycles. The molecule has 32 heavy (non-hydrogen) atoms. The number of halogens is 1. The van der Waals surface area contributed by atoms with Gasteiger partial charge >= 0.3 is 0 Å². The minimum atomic E-state index is -1.85. The van der Waals surface area contributed by atoms with Gasteiger partial charge in [-0.3, -0.25) is 0 Å². The molecule has 0 radical (unpaired) electrons. The number of hydrogen-bond acceptors (Lipinski definition) is 7. The summed E-state index contributed by atoms with van der Waals surface area (Å²) in [6.45, 7) is 1.13. The Morgan fingerprint density at radius 1 is 0.844 bits per heavy atom. The van der Waals surface area contributed by atoms with Crippen LogP contribution in [0, 0.1) is 12.7 Å². The van der Waals surface area contributed by atoms with E-state index >= 15 is 0 Å². The first-order valence-electron chi connectivity index (χ1n) is 10.2. The molecule has 2 aromatic carbocycles. The average Bonchev–Trinajstić information content (AvgIpc) is 3.26. The largest absolute Gasteiger partial charge is 0.394 e.